The van der Waals surface area contributed by atoms with E-state index in [1.807, 2.05) is 24.3 Å². The summed E-state index contributed by atoms with van der Waals surface area (Å²) in [6.07, 6.45) is 11.6. The van der Waals surface area contributed by atoms with E-state index in [2.05, 4.69) is 44.2 Å². The van der Waals surface area contributed by atoms with Gasteiger partial charge in [-0.05, 0) is 68.8 Å². The second-order valence-corrected chi connectivity index (χ2v) is 9.41. The number of rotatable bonds is 0. The highest BCUT2D eigenvalue weighted by molar-refractivity contribution is 6.18. The molecule has 2 heterocycles. The van der Waals surface area contributed by atoms with Crippen molar-refractivity contribution in [1.29, 1.82) is 21.0 Å². The second-order valence-electron chi connectivity index (χ2n) is 9.41. The SMILES string of the molecule is N#CC(C#N)=C1C2=C(C=C3N=CC=NC3C2)c2cc3c(cc21)C1=C(C=C2N=CC=NC2C1)C3=C(C#N)C#N. The molecule has 0 saturated heterocycles. The molecule has 2 aliphatic heterocycles. The van der Waals surface area contributed by atoms with Gasteiger partial charge < -0.3 is 0 Å². The van der Waals surface area contributed by atoms with Crippen LogP contribution in [0.2, 0.25) is 0 Å². The number of aliphatic imine (C=N–C) groups is 4. The van der Waals surface area contributed by atoms with Gasteiger partial charge in [-0.2, -0.15) is 21.0 Å². The van der Waals surface area contributed by atoms with Crippen molar-refractivity contribution in [2.45, 2.75) is 24.9 Å². The van der Waals surface area contributed by atoms with Crippen LogP contribution in [-0.2, 0) is 0 Å². The fraction of sp³-hybridized carbons (Fsp3) is 0.133. The quantitative estimate of drug-likeness (QED) is 0.499. The van der Waals surface area contributed by atoms with Gasteiger partial charge in [-0.25, -0.2) is 0 Å². The molecule has 0 bridgehead atoms. The van der Waals surface area contributed by atoms with Crippen molar-refractivity contribution in [1.82, 2.24) is 0 Å². The van der Waals surface area contributed by atoms with Crippen LogP contribution in [0, 0.1) is 45.3 Å². The minimum atomic E-state index is -0.172. The number of benzene rings is 1. The molecule has 0 amide bonds. The largest absolute Gasteiger partial charge is 0.282 e. The molecule has 0 spiro atoms. The van der Waals surface area contributed by atoms with Crippen molar-refractivity contribution in [2.75, 3.05) is 0 Å². The lowest BCUT2D eigenvalue weighted by molar-refractivity contribution is 0.757. The maximum absolute atomic E-state index is 9.88. The zero-order valence-electron chi connectivity index (χ0n) is 19.8. The molecule has 4 aliphatic carbocycles. The Hall–Kier alpha value is -5.70. The molecule has 2 atom stereocenters. The van der Waals surface area contributed by atoms with Gasteiger partial charge in [-0.3, -0.25) is 20.0 Å². The zero-order valence-corrected chi connectivity index (χ0v) is 19.8. The van der Waals surface area contributed by atoms with Crippen LogP contribution >= 0.6 is 0 Å². The van der Waals surface area contributed by atoms with Crippen LogP contribution < -0.4 is 0 Å². The average Bonchev–Trinajstić information content (AvgIpc) is 3.42. The highest BCUT2D eigenvalue weighted by atomic mass is 14.9. The van der Waals surface area contributed by atoms with E-state index in [-0.39, 0.29) is 23.2 Å². The first-order chi connectivity index (χ1) is 18.7. The molecule has 0 saturated carbocycles. The fourth-order valence-corrected chi connectivity index (χ4v) is 6.08. The van der Waals surface area contributed by atoms with Crippen molar-refractivity contribution in [3.8, 4) is 24.3 Å². The Kier molecular flexibility index (Phi) is 4.49. The molecule has 0 aromatic heterocycles. The van der Waals surface area contributed by atoms with Gasteiger partial charge in [0.1, 0.15) is 35.4 Å². The van der Waals surface area contributed by atoms with Crippen molar-refractivity contribution in [3.63, 3.8) is 0 Å². The summed E-state index contributed by atoms with van der Waals surface area (Å²) >= 11 is 0. The number of nitrogens with zero attached hydrogens (tertiary/aromatic N) is 8. The third-order valence-corrected chi connectivity index (χ3v) is 7.65. The molecule has 174 valence electrons. The van der Waals surface area contributed by atoms with Gasteiger partial charge in [0.05, 0.1) is 23.5 Å². The summed E-state index contributed by atoms with van der Waals surface area (Å²) in [5.41, 5.74) is 9.75. The maximum atomic E-state index is 9.88. The normalized spacial score (nSPS) is 22.5. The van der Waals surface area contributed by atoms with E-state index < -0.39 is 0 Å². The Bertz CT molecular complexity index is 1870. The fourth-order valence-electron chi connectivity index (χ4n) is 6.08. The molecule has 1 aromatic rings. The summed E-state index contributed by atoms with van der Waals surface area (Å²) in [5, 5.41) is 39.5. The molecule has 0 N–H and O–H groups in total. The summed E-state index contributed by atoms with van der Waals surface area (Å²) in [5.74, 6) is 0. The van der Waals surface area contributed by atoms with Crippen LogP contribution in [0.4, 0.5) is 0 Å². The lowest BCUT2D eigenvalue weighted by Gasteiger charge is -2.22. The first-order valence-electron chi connectivity index (χ1n) is 12.0. The Morgan fingerprint density at radius 1 is 0.605 bits per heavy atom. The number of hydrogen-bond donors (Lipinski definition) is 0. The highest BCUT2D eigenvalue weighted by Crippen LogP contribution is 2.55. The maximum Gasteiger partial charge on any atom is 0.138 e. The van der Waals surface area contributed by atoms with E-state index in [9.17, 15) is 21.0 Å². The highest BCUT2D eigenvalue weighted by Gasteiger charge is 2.39. The Balaban J connectivity index is 1.52. The Morgan fingerprint density at radius 3 is 1.76 bits per heavy atom. The summed E-state index contributed by atoms with van der Waals surface area (Å²) in [7, 11) is 0. The minimum Gasteiger partial charge on any atom is -0.282 e. The first-order valence-corrected chi connectivity index (χ1v) is 12.0. The van der Waals surface area contributed by atoms with E-state index >= 15 is 0 Å². The van der Waals surface area contributed by atoms with Gasteiger partial charge in [0.25, 0.3) is 0 Å². The standard InChI is InChI=1S/C30H14N8/c31-11-15(12-32)29-21-6-18-20-8-26-28(38-4-2-36-26)10-24(20)30(16(13-33)14-34)22(18)5-17(21)19-7-25-27(9-23(19)29)37-3-1-35-25/h1-7,10,26-27H,8-9H2. The molecule has 0 fully saturated rings. The van der Waals surface area contributed by atoms with Gasteiger partial charge in [-0.1, -0.05) is 0 Å². The summed E-state index contributed by atoms with van der Waals surface area (Å²) in [6.45, 7) is 0. The van der Waals surface area contributed by atoms with E-state index in [0.717, 1.165) is 55.9 Å². The predicted molar refractivity (Wildman–Crippen MR) is 144 cm³/mol. The third kappa shape index (κ3) is 2.80. The molecular weight excluding hydrogens is 472 g/mol. The average molecular weight is 486 g/mol. The van der Waals surface area contributed by atoms with Gasteiger partial charge in [0.2, 0.25) is 0 Å². The van der Waals surface area contributed by atoms with Crippen LogP contribution in [0.3, 0.4) is 0 Å². The molecule has 2 unspecified atom stereocenters. The number of hydrogen-bond acceptors (Lipinski definition) is 8. The Labute approximate surface area is 217 Å². The third-order valence-electron chi connectivity index (χ3n) is 7.65. The predicted octanol–water partition coefficient (Wildman–Crippen LogP) is 4.45. The monoisotopic (exact) mass is 486 g/mol. The summed E-state index contributed by atoms with van der Waals surface area (Å²) < 4.78 is 0. The molecule has 7 rings (SSSR count). The molecular formula is C30H14N8. The lowest BCUT2D eigenvalue weighted by atomic mass is 9.88. The van der Waals surface area contributed by atoms with Crippen molar-refractivity contribution in [3.05, 3.63) is 80.2 Å². The van der Waals surface area contributed by atoms with E-state index in [0.29, 0.717) is 24.0 Å². The number of fused-ring (bicyclic) bond motifs is 6. The van der Waals surface area contributed by atoms with E-state index in [4.69, 9.17) is 0 Å². The summed E-state index contributed by atoms with van der Waals surface area (Å²) in [6, 6.07) is 12.0. The molecule has 6 aliphatic rings. The van der Waals surface area contributed by atoms with Crippen molar-refractivity contribution >= 4 is 47.2 Å². The molecule has 0 radical (unpaired) electrons. The van der Waals surface area contributed by atoms with Crippen molar-refractivity contribution < 1.29 is 0 Å². The van der Waals surface area contributed by atoms with E-state index in [1.165, 1.54) is 0 Å². The first kappa shape index (κ1) is 21.6. The second kappa shape index (κ2) is 7.90. The number of nitriles is 4. The van der Waals surface area contributed by atoms with Crippen LogP contribution in [-0.4, -0.2) is 36.9 Å². The molecule has 8 nitrogen and oxygen atoms in total. The lowest BCUT2D eigenvalue weighted by Crippen LogP contribution is -2.16. The minimum absolute atomic E-state index is 0.0285. The van der Waals surface area contributed by atoms with Crippen LogP contribution in [0.1, 0.15) is 35.1 Å². The van der Waals surface area contributed by atoms with Crippen LogP contribution in [0.5, 0.6) is 0 Å². The van der Waals surface area contributed by atoms with Gasteiger partial charge in [0.15, 0.2) is 0 Å². The number of allylic oxidation sites excluding steroid dienone is 8. The van der Waals surface area contributed by atoms with Gasteiger partial charge >= 0.3 is 0 Å². The Morgan fingerprint density at radius 2 is 1.13 bits per heavy atom. The smallest absolute Gasteiger partial charge is 0.138 e. The van der Waals surface area contributed by atoms with E-state index in [1.54, 1.807) is 24.9 Å². The topological polar surface area (TPSA) is 145 Å². The summed E-state index contributed by atoms with van der Waals surface area (Å²) in [4.78, 5) is 18.1. The van der Waals surface area contributed by atoms with Crippen LogP contribution in [0.15, 0.2) is 77.9 Å². The van der Waals surface area contributed by atoms with Gasteiger partial charge in [0, 0.05) is 48.8 Å². The molecule has 38 heavy (non-hydrogen) atoms. The molecule has 1 aromatic carbocycles. The molecule has 8 heteroatoms. The van der Waals surface area contributed by atoms with Crippen LogP contribution in [0.25, 0.3) is 22.3 Å². The van der Waals surface area contributed by atoms with Crippen molar-refractivity contribution in [2.24, 2.45) is 20.0 Å². The zero-order chi connectivity index (χ0) is 26.0. The van der Waals surface area contributed by atoms with Gasteiger partial charge in [-0.15, -0.1) is 0 Å².